The molecule has 0 aliphatic heterocycles. The van der Waals surface area contributed by atoms with Gasteiger partial charge in [0, 0.05) is 12.3 Å². The molecule has 0 unspecified atom stereocenters. The third kappa shape index (κ3) is 1.81. The van der Waals surface area contributed by atoms with Crippen LogP contribution in [-0.2, 0) is 0 Å². The highest BCUT2D eigenvalue weighted by Gasteiger charge is 2.18. The fourth-order valence-corrected chi connectivity index (χ4v) is 1.87. The number of ether oxygens (including phenoxy) is 1. The molecule has 0 saturated heterocycles. The van der Waals surface area contributed by atoms with Crippen LogP contribution in [0.3, 0.4) is 0 Å². The van der Waals surface area contributed by atoms with Crippen molar-refractivity contribution in [2.75, 3.05) is 7.11 Å². The Morgan fingerprint density at radius 2 is 2.11 bits per heavy atom. The molecule has 96 valence electrons. The Hall–Kier alpha value is -2.50. The minimum atomic E-state index is -0.823. The number of fused-ring (bicyclic) bond motifs is 1. The maximum Gasteiger partial charge on any atom is 0.195 e. The molecule has 3 aromatic rings. The summed E-state index contributed by atoms with van der Waals surface area (Å²) in [4.78, 5) is 11.0. The molecule has 19 heavy (non-hydrogen) atoms. The van der Waals surface area contributed by atoms with Gasteiger partial charge in [0.05, 0.1) is 12.6 Å². The van der Waals surface area contributed by atoms with Crippen LogP contribution in [0.25, 0.3) is 22.6 Å². The van der Waals surface area contributed by atoms with Crippen LogP contribution in [0.1, 0.15) is 0 Å². The highest BCUT2D eigenvalue weighted by atomic mass is 19.1. The minimum Gasteiger partial charge on any atom is -0.491 e. The average molecular weight is 261 g/mol. The Balaban J connectivity index is 2.24. The second kappa shape index (κ2) is 4.31. The molecule has 6 heteroatoms. The maximum atomic E-state index is 14.0. The van der Waals surface area contributed by atoms with E-state index < -0.39 is 17.4 Å². The number of nitrogens with zero attached hydrogens (tertiary/aromatic N) is 2. The standard InChI is InChI=1S/C13H9F2N3O/c1-19-12-7(14)6-9-11(10(12)15)18-13(17-9)8-4-2-3-5-16-8/h2-6H,1H3,(H,17,18). The summed E-state index contributed by atoms with van der Waals surface area (Å²) in [5.41, 5.74) is 0.841. The summed E-state index contributed by atoms with van der Waals surface area (Å²) in [6, 6.07) is 6.42. The molecule has 0 spiro atoms. The summed E-state index contributed by atoms with van der Waals surface area (Å²) in [7, 11) is 1.21. The van der Waals surface area contributed by atoms with Crippen molar-refractivity contribution in [2.45, 2.75) is 0 Å². The van der Waals surface area contributed by atoms with E-state index in [4.69, 9.17) is 0 Å². The fourth-order valence-electron chi connectivity index (χ4n) is 1.87. The van der Waals surface area contributed by atoms with Crippen LogP contribution < -0.4 is 4.74 Å². The molecule has 0 amide bonds. The summed E-state index contributed by atoms with van der Waals surface area (Å²) in [6.07, 6.45) is 1.60. The Morgan fingerprint density at radius 1 is 1.26 bits per heavy atom. The van der Waals surface area contributed by atoms with E-state index in [1.807, 2.05) is 0 Å². The number of methoxy groups -OCH3 is 1. The van der Waals surface area contributed by atoms with E-state index in [9.17, 15) is 8.78 Å². The molecular weight excluding hydrogens is 252 g/mol. The van der Waals surface area contributed by atoms with E-state index in [1.54, 1.807) is 24.4 Å². The Labute approximate surface area is 107 Å². The topological polar surface area (TPSA) is 50.8 Å². The maximum absolute atomic E-state index is 14.0. The number of aromatic amines is 1. The van der Waals surface area contributed by atoms with Crippen LogP contribution in [0.2, 0.25) is 0 Å². The van der Waals surface area contributed by atoms with Gasteiger partial charge in [-0.1, -0.05) is 6.07 Å². The Morgan fingerprint density at radius 3 is 2.79 bits per heavy atom. The number of imidazole rings is 1. The van der Waals surface area contributed by atoms with Crippen molar-refractivity contribution in [3.8, 4) is 17.3 Å². The molecule has 4 nitrogen and oxygen atoms in total. The molecule has 0 aliphatic carbocycles. The predicted octanol–water partition coefficient (Wildman–Crippen LogP) is 2.91. The SMILES string of the molecule is COc1c(F)cc2[nH]c(-c3ccccn3)nc2c1F. The first-order chi connectivity index (χ1) is 9.20. The van der Waals surface area contributed by atoms with Crippen LogP contribution >= 0.6 is 0 Å². The third-order valence-electron chi connectivity index (χ3n) is 2.74. The van der Waals surface area contributed by atoms with Gasteiger partial charge in [-0.3, -0.25) is 4.98 Å². The number of hydrogen-bond acceptors (Lipinski definition) is 3. The minimum absolute atomic E-state index is 0.0268. The largest absolute Gasteiger partial charge is 0.491 e. The van der Waals surface area contributed by atoms with Crippen molar-refractivity contribution in [3.05, 3.63) is 42.1 Å². The Kier molecular flexibility index (Phi) is 2.63. The van der Waals surface area contributed by atoms with Crippen LogP contribution in [0.5, 0.6) is 5.75 Å². The number of nitrogens with one attached hydrogen (secondary N) is 1. The van der Waals surface area contributed by atoms with E-state index in [1.165, 1.54) is 7.11 Å². The molecule has 2 heterocycles. The third-order valence-corrected chi connectivity index (χ3v) is 2.74. The van der Waals surface area contributed by atoms with Crippen molar-refractivity contribution in [1.82, 2.24) is 15.0 Å². The van der Waals surface area contributed by atoms with Gasteiger partial charge >= 0.3 is 0 Å². The van der Waals surface area contributed by atoms with Gasteiger partial charge in [-0.15, -0.1) is 0 Å². The molecule has 0 bridgehead atoms. The van der Waals surface area contributed by atoms with Crippen molar-refractivity contribution in [3.63, 3.8) is 0 Å². The number of hydrogen-bond donors (Lipinski definition) is 1. The number of halogens is 2. The second-order valence-corrected chi connectivity index (χ2v) is 3.90. The van der Waals surface area contributed by atoms with E-state index in [2.05, 4.69) is 19.7 Å². The molecule has 2 aromatic heterocycles. The summed E-state index contributed by atoms with van der Waals surface area (Å²) >= 11 is 0. The van der Waals surface area contributed by atoms with Crippen LogP contribution in [0.4, 0.5) is 8.78 Å². The lowest BCUT2D eigenvalue weighted by atomic mass is 10.2. The van der Waals surface area contributed by atoms with Gasteiger partial charge in [0.2, 0.25) is 0 Å². The second-order valence-electron chi connectivity index (χ2n) is 3.90. The zero-order valence-corrected chi connectivity index (χ0v) is 9.95. The molecule has 3 rings (SSSR count). The first-order valence-electron chi connectivity index (χ1n) is 5.54. The summed E-state index contributed by atoms with van der Waals surface area (Å²) < 4.78 is 32.2. The fraction of sp³-hybridized carbons (Fsp3) is 0.0769. The van der Waals surface area contributed by atoms with Crippen LogP contribution in [0.15, 0.2) is 30.5 Å². The lowest BCUT2D eigenvalue weighted by Gasteiger charge is -2.02. The number of pyridine rings is 1. The molecule has 0 radical (unpaired) electrons. The van der Waals surface area contributed by atoms with Gasteiger partial charge in [0.25, 0.3) is 0 Å². The molecule has 0 fully saturated rings. The Bertz CT molecular complexity index is 740. The summed E-state index contributed by atoms with van der Waals surface area (Å²) in [5, 5.41) is 0. The lowest BCUT2D eigenvalue weighted by Crippen LogP contribution is -1.93. The first-order valence-corrected chi connectivity index (χ1v) is 5.54. The van der Waals surface area contributed by atoms with Gasteiger partial charge in [-0.2, -0.15) is 0 Å². The number of aromatic nitrogens is 3. The number of benzene rings is 1. The zero-order valence-electron chi connectivity index (χ0n) is 9.95. The molecule has 0 aliphatic rings. The highest BCUT2D eigenvalue weighted by Crippen LogP contribution is 2.29. The van der Waals surface area contributed by atoms with Crippen molar-refractivity contribution in [2.24, 2.45) is 0 Å². The van der Waals surface area contributed by atoms with Gasteiger partial charge in [0.15, 0.2) is 23.2 Å². The van der Waals surface area contributed by atoms with Crippen molar-refractivity contribution < 1.29 is 13.5 Å². The number of rotatable bonds is 2. The zero-order chi connectivity index (χ0) is 13.4. The summed E-state index contributed by atoms with van der Waals surface area (Å²) in [6.45, 7) is 0. The average Bonchev–Trinajstić information content (AvgIpc) is 2.84. The van der Waals surface area contributed by atoms with E-state index >= 15 is 0 Å². The van der Waals surface area contributed by atoms with E-state index in [0.29, 0.717) is 11.5 Å². The monoisotopic (exact) mass is 261 g/mol. The molecule has 1 aromatic carbocycles. The van der Waals surface area contributed by atoms with Crippen LogP contribution in [-0.4, -0.2) is 22.1 Å². The van der Waals surface area contributed by atoms with Gasteiger partial charge in [0.1, 0.15) is 11.2 Å². The lowest BCUT2D eigenvalue weighted by molar-refractivity contribution is 0.362. The van der Waals surface area contributed by atoms with Gasteiger partial charge in [-0.25, -0.2) is 13.8 Å². The van der Waals surface area contributed by atoms with E-state index in [0.717, 1.165) is 6.07 Å². The van der Waals surface area contributed by atoms with Gasteiger partial charge in [-0.05, 0) is 12.1 Å². The molecular formula is C13H9F2N3O. The summed E-state index contributed by atoms with van der Waals surface area (Å²) in [5.74, 6) is -1.66. The normalized spacial score (nSPS) is 10.9. The number of H-pyrrole nitrogens is 1. The van der Waals surface area contributed by atoms with Crippen molar-refractivity contribution in [1.29, 1.82) is 0 Å². The highest BCUT2D eigenvalue weighted by molar-refractivity contribution is 5.81. The molecule has 1 N–H and O–H groups in total. The van der Waals surface area contributed by atoms with Crippen molar-refractivity contribution >= 4 is 11.0 Å². The van der Waals surface area contributed by atoms with E-state index in [-0.39, 0.29) is 11.0 Å². The van der Waals surface area contributed by atoms with Crippen LogP contribution in [0, 0.1) is 11.6 Å². The molecule has 0 saturated carbocycles. The molecule has 0 atom stereocenters. The smallest absolute Gasteiger partial charge is 0.195 e. The van der Waals surface area contributed by atoms with Gasteiger partial charge < -0.3 is 9.72 Å². The first kappa shape index (κ1) is 11.6. The predicted molar refractivity (Wildman–Crippen MR) is 65.8 cm³/mol. The quantitative estimate of drug-likeness (QED) is 0.771.